The van der Waals surface area contributed by atoms with Gasteiger partial charge in [-0.1, -0.05) is 18.4 Å². The minimum atomic E-state index is 0.0573. The maximum absolute atomic E-state index is 12.4. The number of ketones is 1. The summed E-state index contributed by atoms with van der Waals surface area (Å²) in [6.07, 6.45) is 14.4. The molecule has 0 radical (unpaired) electrons. The standard InChI is InChI=1S/C19H20N2O/c1-2-15-16(22)13-14-5-3-10-20-17(14)18(15)21-11-8-19(9-12-21)6-4-7-19/h1,3,5,10H,4,6-9,11-13H2. The van der Waals surface area contributed by atoms with Crippen molar-refractivity contribution in [2.24, 2.45) is 5.41 Å². The summed E-state index contributed by atoms with van der Waals surface area (Å²) in [4.78, 5) is 19.2. The van der Waals surface area contributed by atoms with Gasteiger partial charge in [-0.05, 0) is 42.7 Å². The monoisotopic (exact) mass is 292 g/mol. The Kier molecular flexibility index (Phi) is 3.07. The number of Topliss-reactive ketones (excluding diaryl/α,β-unsaturated/α-hetero) is 1. The molecule has 2 aliphatic carbocycles. The van der Waals surface area contributed by atoms with Crippen molar-refractivity contribution in [1.29, 1.82) is 0 Å². The number of hydrogen-bond donors (Lipinski definition) is 0. The van der Waals surface area contributed by atoms with E-state index in [0.29, 0.717) is 17.4 Å². The number of piperidine rings is 1. The molecule has 3 heteroatoms. The molecule has 1 saturated heterocycles. The molecule has 3 nitrogen and oxygen atoms in total. The third kappa shape index (κ3) is 1.98. The van der Waals surface area contributed by atoms with Gasteiger partial charge in [0.15, 0.2) is 5.78 Å². The van der Waals surface area contributed by atoms with Gasteiger partial charge in [0.1, 0.15) is 0 Å². The molecule has 1 saturated carbocycles. The van der Waals surface area contributed by atoms with Crippen LogP contribution in [-0.2, 0) is 11.2 Å². The molecular formula is C19H20N2O. The van der Waals surface area contributed by atoms with Crippen LogP contribution in [0, 0.1) is 17.8 Å². The zero-order chi connectivity index (χ0) is 15.2. The molecule has 0 aromatic carbocycles. The van der Waals surface area contributed by atoms with Crippen molar-refractivity contribution >= 4 is 11.5 Å². The summed E-state index contributed by atoms with van der Waals surface area (Å²) >= 11 is 0. The van der Waals surface area contributed by atoms with Crippen LogP contribution in [-0.4, -0.2) is 28.8 Å². The number of carbonyl (C=O) groups excluding carboxylic acids is 1. The van der Waals surface area contributed by atoms with Gasteiger partial charge in [0.2, 0.25) is 0 Å². The van der Waals surface area contributed by atoms with Crippen LogP contribution in [0.15, 0.2) is 23.9 Å². The first-order chi connectivity index (χ1) is 10.7. The van der Waals surface area contributed by atoms with E-state index in [1.807, 2.05) is 12.1 Å². The molecular weight excluding hydrogens is 272 g/mol. The molecule has 22 heavy (non-hydrogen) atoms. The average Bonchev–Trinajstić information content (AvgIpc) is 2.52. The first-order valence-electron chi connectivity index (χ1n) is 8.16. The number of pyridine rings is 1. The van der Waals surface area contributed by atoms with Gasteiger partial charge in [0.05, 0.1) is 17.0 Å². The highest BCUT2D eigenvalue weighted by molar-refractivity contribution is 6.09. The van der Waals surface area contributed by atoms with Gasteiger partial charge in [0.25, 0.3) is 0 Å². The van der Waals surface area contributed by atoms with Crippen molar-refractivity contribution in [3.8, 4) is 12.3 Å². The van der Waals surface area contributed by atoms with Crippen LogP contribution in [0.2, 0.25) is 0 Å². The van der Waals surface area contributed by atoms with E-state index in [1.165, 1.54) is 32.1 Å². The summed E-state index contributed by atoms with van der Waals surface area (Å²) < 4.78 is 0. The molecule has 0 N–H and O–H groups in total. The van der Waals surface area contributed by atoms with Crippen molar-refractivity contribution in [2.75, 3.05) is 13.1 Å². The Hall–Kier alpha value is -2.08. The largest absolute Gasteiger partial charge is 0.369 e. The molecule has 3 aliphatic rings. The third-order valence-electron chi connectivity index (χ3n) is 5.68. The number of carbonyl (C=O) groups is 1. The smallest absolute Gasteiger partial charge is 0.177 e. The molecule has 0 unspecified atom stereocenters. The summed E-state index contributed by atoms with van der Waals surface area (Å²) in [6.45, 7) is 1.98. The molecule has 112 valence electrons. The van der Waals surface area contributed by atoms with Crippen LogP contribution in [0.3, 0.4) is 0 Å². The Morgan fingerprint density at radius 3 is 2.64 bits per heavy atom. The second-order valence-electron chi connectivity index (χ2n) is 6.82. The fourth-order valence-electron chi connectivity index (χ4n) is 4.14. The molecule has 1 aliphatic heterocycles. The third-order valence-corrected chi connectivity index (χ3v) is 5.68. The Balaban J connectivity index is 1.71. The zero-order valence-electron chi connectivity index (χ0n) is 12.8. The van der Waals surface area contributed by atoms with E-state index in [4.69, 9.17) is 6.42 Å². The number of hydrogen-bond acceptors (Lipinski definition) is 3. The first-order valence-corrected chi connectivity index (χ1v) is 8.16. The predicted molar refractivity (Wildman–Crippen MR) is 85.8 cm³/mol. The maximum Gasteiger partial charge on any atom is 0.177 e. The van der Waals surface area contributed by atoms with E-state index in [1.54, 1.807) is 6.20 Å². The van der Waals surface area contributed by atoms with Crippen molar-refractivity contribution in [1.82, 2.24) is 9.88 Å². The number of likely N-dealkylation sites (tertiary alicyclic amines) is 1. The van der Waals surface area contributed by atoms with E-state index in [-0.39, 0.29) is 5.78 Å². The molecule has 4 rings (SSSR count). The Labute approximate surface area is 131 Å². The van der Waals surface area contributed by atoms with Gasteiger partial charge in [-0.25, -0.2) is 0 Å². The lowest BCUT2D eigenvalue weighted by Crippen LogP contribution is -2.43. The van der Waals surface area contributed by atoms with E-state index in [2.05, 4.69) is 15.8 Å². The van der Waals surface area contributed by atoms with E-state index >= 15 is 0 Å². The second kappa shape index (κ2) is 4.98. The van der Waals surface area contributed by atoms with E-state index in [0.717, 1.165) is 30.0 Å². The number of allylic oxidation sites excluding steroid dienone is 1. The number of aromatic nitrogens is 1. The highest BCUT2D eigenvalue weighted by Crippen LogP contribution is 2.50. The number of rotatable bonds is 1. The van der Waals surface area contributed by atoms with Gasteiger partial charge >= 0.3 is 0 Å². The van der Waals surface area contributed by atoms with Gasteiger partial charge < -0.3 is 4.90 Å². The minimum absolute atomic E-state index is 0.0573. The average molecular weight is 292 g/mol. The highest BCUT2D eigenvalue weighted by atomic mass is 16.1. The van der Waals surface area contributed by atoms with Crippen LogP contribution in [0.25, 0.3) is 5.70 Å². The van der Waals surface area contributed by atoms with Gasteiger partial charge in [0, 0.05) is 25.7 Å². The molecule has 1 aromatic heterocycles. The lowest BCUT2D eigenvalue weighted by atomic mass is 9.63. The number of fused-ring (bicyclic) bond motifs is 1. The lowest BCUT2D eigenvalue weighted by Gasteiger charge is -2.49. The fraction of sp³-hybridized carbons (Fsp3) is 0.474. The molecule has 1 aromatic rings. The number of nitrogens with zero attached hydrogens (tertiary/aromatic N) is 2. The summed E-state index contributed by atoms with van der Waals surface area (Å²) in [7, 11) is 0. The predicted octanol–water partition coefficient (Wildman–Crippen LogP) is 2.82. The second-order valence-corrected chi connectivity index (χ2v) is 6.82. The van der Waals surface area contributed by atoms with Crippen LogP contribution >= 0.6 is 0 Å². The van der Waals surface area contributed by atoms with Gasteiger partial charge in [-0.2, -0.15) is 0 Å². The number of terminal acetylenes is 1. The van der Waals surface area contributed by atoms with Gasteiger partial charge in [-0.15, -0.1) is 6.42 Å². The van der Waals surface area contributed by atoms with E-state index in [9.17, 15) is 4.79 Å². The minimum Gasteiger partial charge on any atom is -0.369 e. The summed E-state index contributed by atoms with van der Waals surface area (Å²) in [5.41, 5.74) is 3.93. The van der Waals surface area contributed by atoms with Gasteiger partial charge in [-0.3, -0.25) is 9.78 Å². The van der Waals surface area contributed by atoms with E-state index < -0.39 is 0 Å². The normalized spacial score (nSPS) is 23.0. The van der Waals surface area contributed by atoms with Crippen molar-refractivity contribution < 1.29 is 4.79 Å². The fourth-order valence-corrected chi connectivity index (χ4v) is 4.14. The SMILES string of the molecule is C#CC1=C(N2CCC3(CCC3)CC2)c2ncccc2CC1=O. The topological polar surface area (TPSA) is 33.2 Å². The first kappa shape index (κ1) is 13.6. The van der Waals surface area contributed by atoms with Crippen molar-refractivity contribution in [3.05, 3.63) is 35.2 Å². The Morgan fingerprint density at radius 1 is 1.23 bits per heavy atom. The molecule has 2 fully saturated rings. The molecule has 1 spiro atoms. The summed E-state index contributed by atoms with van der Waals surface area (Å²) in [5.74, 6) is 2.70. The maximum atomic E-state index is 12.4. The van der Waals surface area contributed by atoms with Crippen LogP contribution in [0.5, 0.6) is 0 Å². The van der Waals surface area contributed by atoms with Crippen molar-refractivity contribution in [3.63, 3.8) is 0 Å². The molecule has 0 bridgehead atoms. The van der Waals surface area contributed by atoms with Crippen LogP contribution in [0.4, 0.5) is 0 Å². The summed E-state index contributed by atoms with van der Waals surface area (Å²) in [6, 6.07) is 3.88. The highest BCUT2D eigenvalue weighted by Gasteiger charge is 2.41. The molecule has 0 atom stereocenters. The Morgan fingerprint density at radius 2 is 2.00 bits per heavy atom. The zero-order valence-corrected chi connectivity index (χ0v) is 12.8. The van der Waals surface area contributed by atoms with Crippen LogP contribution in [0.1, 0.15) is 43.4 Å². The molecule has 0 amide bonds. The van der Waals surface area contributed by atoms with Crippen LogP contribution < -0.4 is 0 Å². The lowest BCUT2D eigenvalue weighted by molar-refractivity contribution is -0.114. The molecule has 2 heterocycles. The Bertz CT molecular complexity index is 696. The quantitative estimate of drug-likeness (QED) is 0.746. The van der Waals surface area contributed by atoms with Crippen molar-refractivity contribution in [2.45, 2.75) is 38.5 Å². The summed E-state index contributed by atoms with van der Waals surface area (Å²) in [5, 5.41) is 0.